The van der Waals surface area contributed by atoms with Crippen molar-refractivity contribution in [3.63, 3.8) is 0 Å². The van der Waals surface area contributed by atoms with Crippen LogP contribution in [0.3, 0.4) is 0 Å². The van der Waals surface area contributed by atoms with E-state index in [9.17, 15) is 39.9 Å². The molecule has 1 fully saturated rings. The molecule has 2 aromatic heterocycles. The highest BCUT2D eigenvalue weighted by Gasteiger charge is 2.64. The molecule has 0 unspecified atom stereocenters. The van der Waals surface area contributed by atoms with Gasteiger partial charge in [-0.3, -0.25) is 9.48 Å². The molecule has 194 valence electrons. The summed E-state index contributed by atoms with van der Waals surface area (Å²) in [5.74, 6) is -6.34. The molecule has 0 saturated heterocycles. The standard InChI is InChI=1S/C21H16ClF8N5O/c1-34-8-13(15-14(20(25,26)27)16(33-35(15)2)19(23,24)21(28,29)30)32-17(34)9-3-6-12(22)11(7-9)18(36)31-10-4-5-10/h3,6-8,10H,4-5H2,1-2H3,(H,31,36). The molecule has 1 aliphatic rings. The van der Waals surface area contributed by atoms with E-state index in [1.807, 2.05) is 0 Å². The Morgan fingerprint density at radius 3 is 2.28 bits per heavy atom. The van der Waals surface area contributed by atoms with E-state index in [4.69, 9.17) is 11.6 Å². The number of nitrogens with one attached hydrogen (secondary N) is 1. The van der Waals surface area contributed by atoms with Gasteiger partial charge in [-0.1, -0.05) is 11.6 Å². The van der Waals surface area contributed by atoms with Crippen LogP contribution in [0.15, 0.2) is 24.4 Å². The van der Waals surface area contributed by atoms with Crippen molar-refractivity contribution < 1.29 is 39.9 Å². The highest BCUT2D eigenvalue weighted by Crippen LogP contribution is 2.50. The Balaban J connectivity index is 1.84. The summed E-state index contributed by atoms with van der Waals surface area (Å²) in [5.41, 5.74) is -6.04. The van der Waals surface area contributed by atoms with Crippen LogP contribution in [0.4, 0.5) is 35.1 Å². The first-order valence-electron chi connectivity index (χ1n) is 10.3. The molecule has 6 nitrogen and oxygen atoms in total. The van der Waals surface area contributed by atoms with Crippen LogP contribution in [-0.4, -0.2) is 37.5 Å². The Morgan fingerprint density at radius 2 is 1.72 bits per heavy atom. The number of carbonyl (C=O) groups is 1. The molecular formula is C21H16ClF8N5O. The van der Waals surface area contributed by atoms with E-state index < -0.39 is 46.8 Å². The van der Waals surface area contributed by atoms with Crippen LogP contribution in [0.5, 0.6) is 0 Å². The number of amides is 1. The Hall–Kier alpha value is -3.16. The fraction of sp³-hybridized carbons (Fsp3) is 0.381. The van der Waals surface area contributed by atoms with Crippen LogP contribution in [-0.2, 0) is 26.2 Å². The summed E-state index contributed by atoms with van der Waals surface area (Å²) < 4.78 is 110. The molecule has 0 radical (unpaired) electrons. The van der Waals surface area contributed by atoms with Gasteiger partial charge in [-0.2, -0.15) is 40.2 Å². The molecule has 36 heavy (non-hydrogen) atoms. The second kappa shape index (κ2) is 8.46. The van der Waals surface area contributed by atoms with Crippen LogP contribution in [0.1, 0.15) is 34.5 Å². The van der Waals surface area contributed by atoms with Crippen molar-refractivity contribution in [1.82, 2.24) is 24.6 Å². The average Bonchev–Trinajstić information content (AvgIpc) is 3.36. The van der Waals surface area contributed by atoms with Crippen molar-refractivity contribution in [1.29, 1.82) is 0 Å². The maximum Gasteiger partial charge on any atom is 0.459 e. The van der Waals surface area contributed by atoms with Gasteiger partial charge in [-0.05, 0) is 31.0 Å². The quantitative estimate of drug-likeness (QED) is 0.421. The molecule has 1 saturated carbocycles. The number of carbonyl (C=O) groups excluding carboxylic acids is 1. The van der Waals surface area contributed by atoms with Crippen molar-refractivity contribution in [3.05, 3.63) is 46.2 Å². The lowest BCUT2D eigenvalue weighted by atomic mass is 10.1. The third kappa shape index (κ3) is 4.53. The third-order valence-electron chi connectivity index (χ3n) is 5.48. The summed E-state index contributed by atoms with van der Waals surface area (Å²) in [6.07, 6.45) is -9.27. The SMILES string of the molecule is Cn1cc(-c2c(C(F)(F)F)c(C(F)(F)C(F)(F)F)nn2C)nc1-c1ccc(Cl)c(C(=O)NC2CC2)c1. The number of alkyl halides is 8. The Kier molecular flexibility index (Phi) is 6.09. The van der Waals surface area contributed by atoms with Gasteiger partial charge >= 0.3 is 18.3 Å². The lowest BCUT2D eigenvalue weighted by molar-refractivity contribution is -0.292. The minimum Gasteiger partial charge on any atom is -0.349 e. The van der Waals surface area contributed by atoms with Crippen molar-refractivity contribution in [2.75, 3.05) is 0 Å². The molecule has 0 atom stereocenters. The summed E-state index contributed by atoms with van der Waals surface area (Å²) in [4.78, 5) is 16.5. The minimum absolute atomic E-state index is 0.000551. The van der Waals surface area contributed by atoms with E-state index in [0.29, 0.717) is 0 Å². The number of nitrogens with zero attached hydrogens (tertiary/aromatic N) is 4. The van der Waals surface area contributed by atoms with Crippen molar-refractivity contribution in [3.8, 4) is 22.8 Å². The van der Waals surface area contributed by atoms with Gasteiger partial charge in [-0.25, -0.2) is 4.98 Å². The van der Waals surface area contributed by atoms with E-state index in [1.54, 1.807) is 0 Å². The summed E-state index contributed by atoms with van der Waals surface area (Å²) in [7, 11) is 2.18. The van der Waals surface area contributed by atoms with E-state index in [-0.39, 0.29) is 32.7 Å². The fourth-order valence-electron chi connectivity index (χ4n) is 3.62. The molecule has 1 amide bonds. The van der Waals surface area contributed by atoms with Crippen LogP contribution in [0.25, 0.3) is 22.8 Å². The predicted octanol–water partition coefficient (Wildman–Crippen LogP) is 5.71. The van der Waals surface area contributed by atoms with E-state index >= 15 is 0 Å². The molecule has 2 heterocycles. The molecule has 1 N–H and O–H groups in total. The number of hydrogen-bond donors (Lipinski definition) is 1. The largest absolute Gasteiger partial charge is 0.459 e. The monoisotopic (exact) mass is 541 g/mol. The molecule has 3 aromatic rings. The van der Waals surface area contributed by atoms with Gasteiger partial charge in [0.25, 0.3) is 5.91 Å². The second-order valence-electron chi connectivity index (χ2n) is 8.27. The van der Waals surface area contributed by atoms with Crippen LogP contribution in [0.2, 0.25) is 5.02 Å². The first-order chi connectivity index (χ1) is 16.5. The van der Waals surface area contributed by atoms with E-state index in [1.165, 1.54) is 29.8 Å². The van der Waals surface area contributed by atoms with E-state index in [2.05, 4.69) is 15.4 Å². The van der Waals surface area contributed by atoms with Crippen LogP contribution < -0.4 is 5.32 Å². The molecule has 0 bridgehead atoms. The minimum atomic E-state index is -6.31. The second-order valence-corrected chi connectivity index (χ2v) is 8.68. The molecule has 0 aliphatic heterocycles. The van der Waals surface area contributed by atoms with Gasteiger partial charge in [0.05, 0.1) is 10.6 Å². The smallest absolute Gasteiger partial charge is 0.349 e. The highest BCUT2D eigenvalue weighted by atomic mass is 35.5. The molecule has 15 heteroatoms. The number of aryl methyl sites for hydroxylation is 2. The van der Waals surface area contributed by atoms with Gasteiger partial charge in [0.2, 0.25) is 0 Å². The van der Waals surface area contributed by atoms with Gasteiger partial charge < -0.3 is 9.88 Å². The first kappa shape index (κ1) is 25.9. The Bertz CT molecular complexity index is 1340. The Labute approximate surface area is 202 Å². The van der Waals surface area contributed by atoms with Crippen molar-refractivity contribution in [2.45, 2.75) is 37.2 Å². The topological polar surface area (TPSA) is 64.7 Å². The molecule has 4 rings (SSSR count). The lowest BCUT2D eigenvalue weighted by Gasteiger charge is -2.19. The van der Waals surface area contributed by atoms with Gasteiger partial charge in [0.15, 0.2) is 5.69 Å². The van der Waals surface area contributed by atoms with Crippen LogP contribution >= 0.6 is 11.6 Å². The van der Waals surface area contributed by atoms with Gasteiger partial charge in [0.1, 0.15) is 22.8 Å². The maximum atomic E-state index is 14.0. The summed E-state index contributed by atoms with van der Waals surface area (Å²) in [6.45, 7) is 0. The summed E-state index contributed by atoms with van der Waals surface area (Å²) in [6, 6.07) is 4.18. The average molecular weight is 542 g/mol. The molecule has 0 spiro atoms. The number of hydrogen-bond acceptors (Lipinski definition) is 3. The summed E-state index contributed by atoms with van der Waals surface area (Å²) in [5, 5.41) is 5.75. The zero-order valence-electron chi connectivity index (χ0n) is 18.4. The van der Waals surface area contributed by atoms with Gasteiger partial charge in [-0.15, -0.1) is 0 Å². The Morgan fingerprint density at radius 1 is 1.08 bits per heavy atom. The fourth-order valence-corrected chi connectivity index (χ4v) is 3.82. The van der Waals surface area contributed by atoms with Crippen molar-refractivity contribution in [2.24, 2.45) is 14.1 Å². The molecule has 1 aliphatic carbocycles. The molecule has 1 aromatic carbocycles. The lowest BCUT2D eigenvalue weighted by Crippen LogP contribution is -2.36. The normalized spacial score (nSPS) is 14.9. The molecular weight excluding hydrogens is 526 g/mol. The number of rotatable bonds is 5. The summed E-state index contributed by atoms with van der Waals surface area (Å²) >= 11 is 6.11. The zero-order chi connectivity index (χ0) is 26.8. The zero-order valence-corrected chi connectivity index (χ0v) is 19.2. The third-order valence-corrected chi connectivity index (χ3v) is 5.81. The number of halogens is 9. The first-order valence-corrected chi connectivity index (χ1v) is 10.6. The predicted molar refractivity (Wildman–Crippen MR) is 111 cm³/mol. The van der Waals surface area contributed by atoms with Crippen molar-refractivity contribution >= 4 is 17.5 Å². The highest BCUT2D eigenvalue weighted by molar-refractivity contribution is 6.34. The number of imidazole rings is 1. The number of aromatic nitrogens is 4. The van der Waals surface area contributed by atoms with Crippen LogP contribution in [0, 0.1) is 0 Å². The van der Waals surface area contributed by atoms with Gasteiger partial charge in [0, 0.05) is 31.9 Å². The number of benzene rings is 1. The van der Waals surface area contributed by atoms with E-state index in [0.717, 1.165) is 26.1 Å². The maximum absolute atomic E-state index is 14.0.